The van der Waals surface area contributed by atoms with Crippen molar-refractivity contribution >= 4 is 17.8 Å². The number of aliphatic hydroxyl groups excluding tert-OH is 1. The lowest BCUT2D eigenvalue weighted by Gasteiger charge is -2.64. The van der Waals surface area contributed by atoms with Gasteiger partial charge in [0, 0.05) is 18.6 Å². The van der Waals surface area contributed by atoms with E-state index in [1.807, 2.05) is 12.2 Å². The molecule has 2 heterocycles. The molecule has 8 atom stereocenters. The minimum Gasteiger partial charge on any atom is -0.480 e. The first-order valence-electron chi connectivity index (χ1n) is 13.4. The predicted molar refractivity (Wildman–Crippen MR) is 136 cm³/mol. The van der Waals surface area contributed by atoms with Crippen molar-refractivity contribution < 1.29 is 38.8 Å². The third-order valence-electron chi connectivity index (χ3n) is 9.57. The number of aliphatic carboxylic acids is 1. The first-order chi connectivity index (χ1) is 17.9. The maximum atomic E-state index is 12.9. The lowest BCUT2D eigenvalue weighted by atomic mass is 9.44. The topological polar surface area (TPSA) is 135 Å². The number of rotatable bonds is 8. The third-order valence-corrected chi connectivity index (χ3v) is 9.57. The molecular formula is C28H38N2O8. The van der Waals surface area contributed by atoms with E-state index in [0.29, 0.717) is 18.2 Å². The van der Waals surface area contributed by atoms with Crippen LogP contribution >= 0.6 is 0 Å². The molecule has 3 N–H and O–H groups in total. The van der Waals surface area contributed by atoms with Crippen molar-refractivity contribution in [2.24, 2.45) is 16.7 Å². The quantitative estimate of drug-likeness (QED) is 0.400. The third kappa shape index (κ3) is 3.87. The maximum Gasteiger partial charge on any atom is 0.326 e. The van der Waals surface area contributed by atoms with Gasteiger partial charge in [0.2, 0.25) is 5.91 Å². The van der Waals surface area contributed by atoms with Crippen molar-refractivity contribution in [1.29, 1.82) is 0 Å². The molecule has 2 saturated heterocycles. The summed E-state index contributed by atoms with van der Waals surface area (Å²) in [6, 6.07) is -0.861. The van der Waals surface area contributed by atoms with Gasteiger partial charge in [0.15, 0.2) is 0 Å². The first kappa shape index (κ1) is 27.1. The largest absolute Gasteiger partial charge is 0.480 e. The molecule has 0 aromatic carbocycles. The predicted octanol–water partition coefficient (Wildman–Crippen LogP) is 1.54. The number of amides is 1. The second-order valence-corrected chi connectivity index (χ2v) is 11.8. The molecule has 5 aliphatic rings. The van der Waals surface area contributed by atoms with Crippen molar-refractivity contribution in [3.63, 3.8) is 0 Å². The Kier molecular flexibility index (Phi) is 6.82. The van der Waals surface area contributed by atoms with E-state index in [2.05, 4.69) is 30.3 Å². The Labute approximate surface area is 222 Å². The average molecular weight is 531 g/mol. The standard InChI is InChI=1S/C28H38N2O8/c1-14(2)22(26(34)35)29-25(33)16(31)13-20(32)37-18-8-9-27(3)19-12-15-6-7-17(36-5)23-21(15)28(27,24(18)38-23)10-11-30(19)4/h6-8,14,16-17,19,22-24,31H,9-13H2,1-5H3,(H,29,33)(H,34,35). The van der Waals surface area contributed by atoms with Crippen LogP contribution in [-0.2, 0) is 28.6 Å². The molecule has 0 saturated carbocycles. The minimum absolute atomic E-state index is 0.125. The number of methoxy groups -OCH3 is 1. The van der Waals surface area contributed by atoms with Crippen molar-refractivity contribution in [2.75, 3.05) is 20.7 Å². The molecule has 8 unspecified atom stereocenters. The summed E-state index contributed by atoms with van der Waals surface area (Å²) in [6.07, 6.45) is 5.29. The fourth-order valence-electron chi connectivity index (χ4n) is 7.59. The second-order valence-electron chi connectivity index (χ2n) is 11.8. The summed E-state index contributed by atoms with van der Waals surface area (Å²) in [6.45, 7) is 6.49. The smallest absolute Gasteiger partial charge is 0.326 e. The zero-order valence-corrected chi connectivity index (χ0v) is 22.6. The molecule has 10 heteroatoms. The molecule has 208 valence electrons. The summed E-state index contributed by atoms with van der Waals surface area (Å²) < 4.78 is 18.3. The number of nitrogens with one attached hydrogen (secondary N) is 1. The Hall–Kier alpha value is -2.53. The fraction of sp³-hybridized carbons (Fsp3) is 0.679. The second kappa shape index (κ2) is 9.59. The Morgan fingerprint density at radius 2 is 2.05 bits per heavy atom. The monoisotopic (exact) mass is 530 g/mol. The Morgan fingerprint density at radius 1 is 1.32 bits per heavy atom. The molecule has 5 rings (SSSR count). The van der Waals surface area contributed by atoms with Crippen molar-refractivity contribution in [1.82, 2.24) is 10.2 Å². The summed E-state index contributed by atoms with van der Waals surface area (Å²) in [4.78, 5) is 39.2. The summed E-state index contributed by atoms with van der Waals surface area (Å²) in [5.41, 5.74) is 2.06. The number of likely N-dealkylation sites (tertiary alicyclic amines) is 1. The molecular weight excluding hydrogens is 492 g/mol. The Morgan fingerprint density at radius 3 is 2.71 bits per heavy atom. The van der Waals surface area contributed by atoms with Crippen molar-refractivity contribution in [3.05, 3.63) is 35.1 Å². The Bertz CT molecular complexity index is 1130. The minimum atomic E-state index is -1.73. The van der Waals surface area contributed by atoms with Crippen molar-refractivity contribution in [2.45, 2.75) is 83.0 Å². The summed E-state index contributed by atoms with van der Waals surface area (Å²) in [7, 11) is 3.83. The number of nitrogens with zero attached hydrogens (tertiary/aromatic N) is 1. The molecule has 38 heavy (non-hydrogen) atoms. The number of esters is 1. The number of aliphatic hydroxyl groups is 1. The number of carboxylic acids is 1. The first-order valence-corrected chi connectivity index (χ1v) is 13.4. The number of allylic oxidation sites excluding steroid dienone is 2. The van der Waals surface area contributed by atoms with Crippen LogP contribution in [0.5, 0.6) is 0 Å². The van der Waals surface area contributed by atoms with Gasteiger partial charge in [-0.3, -0.25) is 9.59 Å². The zero-order chi connectivity index (χ0) is 27.6. The van der Waals surface area contributed by atoms with Gasteiger partial charge in [0.1, 0.15) is 36.2 Å². The molecule has 1 amide bonds. The number of carboxylic acid groups (broad SMARTS) is 1. The van der Waals surface area contributed by atoms with E-state index >= 15 is 0 Å². The number of carbonyl (C=O) groups is 3. The number of carbonyl (C=O) groups excluding carboxylic acids is 2. The lowest BCUT2D eigenvalue weighted by molar-refractivity contribution is -0.156. The lowest BCUT2D eigenvalue weighted by Crippen LogP contribution is -2.66. The van der Waals surface area contributed by atoms with Gasteiger partial charge < -0.3 is 34.6 Å². The van der Waals surface area contributed by atoms with Crippen LogP contribution in [-0.4, -0.2) is 90.2 Å². The fourth-order valence-corrected chi connectivity index (χ4v) is 7.59. The molecule has 1 spiro atoms. The van der Waals surface area contributed by atoms with E-state index in [0.717, 1.165) is 19.4 Å². The highest BCUT2D eigenvalue weighted by Gasteiger charge is 2.71. The van der Waals surface area contributed by atoms with Gasteiger partial charge in [-0.2, -0.15) is 0 Å². The van der Waals surface area contributed by atoms with Crippen LogP contribution in [0.25, 0.3) is 0 Å². The molecule has 2 bridgehead atoms. The van der Waals surface area contributed by atoms with Gasteiger partial charge in [0.05, 0.1) is 6.42 Å². The molecule has 2 fully saturated rings. The molecule has 0 radical (unpaired) electrons. The number of hydrogen-bond acceptors (Lipinski definition) is 8. The van der Waals surface area contributed by atoms with Gasteiger partial charge in [-0.25, -0.2) is 4.79 Å². The maximum absolute atomic E-state index is 12.9. The molecule has 3 aliphatic carbocycles. The number of piperidine rings is 1. The van der Waals surface area contributed by atoms with Crippen LogP contribution in [0.2, 0.25) is 0 Å². The van der Waals surface area contributed by atoms with E-state index in [-0.39, 0.29) is 23.0 Å². The van der Waals surface area contributed by atoms with Crippen LogP contribution in [0.4, 0.5) is 0 Å². The zero-order valence-electron chi connectivity index (χ0n) is 22.6. The molecule has 0 aromatic heterocycles. The highest BCUT2D eigenvalue weighted by atomic mass is 16.6. The van der Waals surface area contributed by atoms with Crippen molar-refractivity contribution in [3.8, 4) is 0 Å². The highest BCUT2D eigenvalue weighted by molar-refractivity contribution is 5.89. The normalized spacial score (nSPS) is 36.9. The van der Waals surface area contributed by atoms with Crippen LogP contribution in [0, 0.1) is 16.7 Å². The molecule has 0 aromatic rings. The van der Waals surface area contributed by atoms with Crippen LogP contribution in [0.1, 0.15) is 46.5 Å². The van der Waals surface area contributed by atoms with Crippen LogP contribution in [0.3, 0.4) is 0 Å². The number of ether oxygens (including phenoxy) is 3. The van der Waals surface area contributed by atoms with Gasteiger partial charge in [-0.1, -0.05) is 32.9 Å². The van der Waals surface area contributed by atoms with E-state index in [1.54, 1.807) is 21.0 Å². The summed E-state index contributed by atoms with van der Waals surface area (Å²) in [5, 5.41) is 22.0. The van der Waals surface area contributed by atoms with E-state index in [1.165, 1.54) is 11.1 Å². The summed E-state index contributed by atoms with van der Waals surface area (Å²) >= 11 is 0. The van der Waals surface area contributed by atoms with E-state index < -0.39 is 48.4 Å². The van der Waals surface area contributed by atoms with Gasteiger partial charge in [-0.05, 0) is 61.4 Å². The van der Waals surface area contributed by atoms with Gasteiger partial charge in [0.25, 0.3) is 0 Å². The van der Waals surface area contributed by atoms with E-state index in [4.69, 9.17) is 14.2 Å². The van der Waals surface area contributed by atoms with Gasteiger partial charge in [-0.15, -0.1) is 0 Å². The van der Waals surface area contributed by atoms with Gasteiger partial charge >= 0.3 is 11.9 Å². The van der Waals surface area contributed by atoms with E-state index in [9.17, 15) is 24.6 Å². The molecule has 2 aliphatic heterocycles. The van der Waals surface area contributed by atoms with Crippen LogP contribution < -0.4 is 5.32 Å². The highest BCUT2D eigenvalue weighted by Crippen LogP contribution is 2.70. The molecule has 10 nitrogen and oxygen atoms in total. The SMILES string of the molecule is COC1C=CC2=C3C1OC1C(OC(=O)CC(O)C(=O)NC(C(=O)O)C(C)C)=CCC4(C)C(C2)N(C)CCC314. The number of hydrogen-bond donors (Lipinski definition) is 3. The Balaban J connectivity index is 1.38. The average Bonchev–Trinajstić information content (AvgIpc) is 3.21. The summed E-state index contributed by atoms with van der Waals surface area (Å²) in [5.74, 6) is -2.89. The van der Waals surface area contributed by atoms with Crippen LogP contribution in [0.15, 0.2) is 35.1 Å².